The van der Waals surface area contributed by atoms with E-state index in [-0.39, 0.29) is 23.7 Å². The number of aromatic amines is 1. The van der Waals surface area contributed by atoms with E-state index in [1.165, 1.54) is 5.56 Å². The molecule has 144 valence electrons. The highest BCUT2D eigenvalue weighted by molar-refractivity contribution is 5.76. The maximum atomic E-state index is 12.6. The number of aryl methyl sites for hydroxylation is 2. The van der Waals surface area contributed by atoms with Crippen molar-refractivity contribution in [2.45, 2.75) is 58.1 Å². The van der Waals surface area contributed by atoms with Crippen molar-refractivity contribution in [2.24, 2.45) is 5.92 Å². The normalized spacial score (nSPS) is 20.0. The molecule has 1 amide bonds. The van der Waals surface area contributed by atoms with Crippen molar-refractivity contribution in [2.75, 3.05) is 0 Å². The number of hydrogen-bond acceptors (Lipinski definition) is 4. The van der Waals surface area contributed by atoms with Gasteiger partial charge in [-0.2, -0.15) is 4.98 Å². The van der Waals surface area contributed by atoms with Crippen LogP contribution in [0.25, 0.3) is 0 Å². The molecule has 0 radical (unpaired) electrons. The van der Waals surface area contributed by atoms with Crippen LogP contribution in [-0.2, 0) is 17.6 Å². The number of amides is 1. The Labute approximate surface area is 159 Å². The average Bonchev–Trinajstić information content (AvgIpc) is 2.58. The van der Waals surface area contributed by atoms with Gasteiger partial charge in [0, 0.05) is 23.9 Å². The third-order valence-electron chi connectivity index (χ3n) is 5.42. The zero-order valence-electron chi connectivity index (χ0n) is 15.9. The standard InChI is InChI=1S/C21H27N3O3/c1-13-18(14(2)23-21(27)22-13)8-9-20(26)24-19(16-11-17(25)12-16)10-15-6-4-3-5-7-15/h3-7,16-17,19,25H,8-12H2,1-2H3,(H,24,26)(H,22,23,27)/t16?,17?,19-/m1/s1. The van der Waals surface area contributed by atoms with Gasteiger partial charge in [-0.15, -0.1) is 0 Å². The number of carbonyl (C=O) groups excluding carboxylic acids is 1. The molecule has 1 atom stereocenters. The van der Waals surface area contributed by atoms with E-state index in [0.29, 0.717) is 24.5 Å². The van der Waals surface area contributed by atoms with Crippen molar-refractivity contribution in [1.29, 1.82) is 0 Å². The molecule has 0 aliphatic heterocycles. The molecule has 0 unspecified atom stereocenters. The third kappa shape index (κ3) is 5.04. The van der Waals surface area contributed by atoms with E-state index in [4.69, 9.17) is 0 Å². The van der Waals surface area contributed by atoms with Crippen molar-refractivity contribution >= 4 is 5.91 Å². The van der Waals surface area contributed by atoms with E-state index in [9.17, 15) is 14.7 Å². The highest BCUT2D eigenvalue weighted by Gasteiger charge is 2.34. The Hall–Kier alpha value is -2.47. The summed E-state index contributed by atoms with van der Waals surface area (Å²) in [6, 6.07) is 10.1. The van der Waals surface area contributed by atoms with E-state index in [1.54, 1.807) is 6.92 Å². The van der Waals surface area contributed by atoms with Gasteiger partial charge in [-0.25, -0.2) is 4.79 Å². The fourth-order valence-electron chi connectivity index (χ4n) is 3.80. The molecule has 1 aromatic heterocycles. The van der Waals surface area contributed by atoms with Crippen LogP contribution in [0.2, 0.25) is 0 Å². The zero-order valence-corrected chi connectivity index (χ0v) is 15.9. The minimum atomic E-state index is -0.357. The van der Waals surface area contributed by atoms with E-state index < -0.39 is 0 Å². The SMILES string of the molecule is Cc1nc(=O)[nH]c(C)c1CCC(=O)N[C@H](Cc1ccccc1)C1CC(O)C1. The smallest absolute Gasteiger partial charge is 0.345 e. The fourth-order valence-corrected chi connectivity index (χ4v) is 3.80. The van der Waals surface area contributed by atoms with Crippen LogP contribution in [0.3, 0.4) is 0 Å². The topological polar surface area (TPSA) is 95.1 Å². The molecular weight excluding hydrogens is 342 g/mol. The first kappa shape index (κ1) is 19.3. The van der Waals surface area contributed by atoms with Gasteiger partial charge < -0.3 is 15.4 Å². The predicted octanol–water partition coefficient (Wildman–Crippen LogP) is 1.82. The maximum absolute atomic E-state index is 12.6. The largest absolute Gasteiger partial charge is 0.393 e. The first-order valence-corrected chi connectivity index (χ1v) is 9.50. The summed E-state index contributed by atoms with van der Waals surface area (Å²) in [6.07, 6.45) is 2.87. The number of carbonyl (C=O) groups is 1. The summed E-state index contributed by atoms with van der Waals surface area (Å²) in [5, 5.41) is 12.8. The highest BCUT2D eigenvalue weighted by atomic mass is 16.3. The Morgan fingerprint density at radius 3 is 2.63 bits per heavy atom. The first-order valence-electron chi connectivity index (χ1n) is 9.50. The lowest BCUT2D eigenvalue weighted by atomic mass is 9.75. The highest BCUT2D eigenvalue weighted by Crippen LogP contribution is 2.31. The van der Waals surface area contributed by atoms with Crippen LogP contribution in [0.1, 0.15) is 41.8 Å². The van der Waals surface area contributed by atoms with Crippen molar-refractivity contribution < 1.29 is 9.90 Å². The number of aliphatic hydroxyl groups excluding tert-OH is 1. The minimum absolute atomic E-state index is 0.0117. The summed E-state index contributed by atoms with van der Waals surface area (Å²) in [4.78, 5) is 30.6. The second kappa shape index (κ2) is 8.48. The average molecular weight is 369 g/mol. The van der Waals surface area contributed by atoms with Gasteiger partial charge in [-0.1, -0.05) is 30.3 Å². The molecule has 0 spiro atoms. The number of aromatic nitrogens is 2. The number of hydrogen-bond donors (Lipinski definition) is 3. The molecule has 6 nitrogen and oxygen atoms in total. The van der Waals surface area contributed by atoms with Gasteiger partial charge in [0.25, 0.3) is 0 Å². The molecule has 1 fully saturated rings. The van der Waals surface area contributed by atoms with Crippen molar-refractivity contribution in [3.8, 4) is 0 Å². The zero-order chi connectivity index (χ0) is 19.4. The van der Waals surface area contributed by atoms with E-state index in [1.807, 2.05) is 25.1 Å². The van der Waals surface area contributed by atoms with Crippen molar-refractivity contribution in [1.82, 2.24) is 15.3 Å². The minimum Gasteiger partial charge on any atom is -0.393 e. The van der Waals surface area contributed by atoms with Gasteiger partial charge in [0.15, 0.2) is 0 Å². The molecule has 1 aromatic carbocycles. The van der Waals surface area contributed by atoms with Crippen LogP contribution in [0.15, 0.2) is 35.1 Å². The number of H-pyrrole nitrogens is 1. The summed E-state index contributed by atoms with van der Waals surface area (Å²) in [5.41, 5.74) is 3.18. The lowest BCUT2D eigenvalue weighted by molar-refractivity contribution is -0.122. The molecule has 27 heavy (non-hydrogen) atoms. The molecule has 2 aromatic rings. The molecule has 3 N–H and O–H groups in total. The quantitative estimate of drug-likeness (QED) is 0.694. The predicted molar refractivity (Wildman–Crippen MR) is 103 cm³/mol. The van der Waals surface area contributed by atoms with Crippen molar-refractivity contribution in [3.05, 3.63) is 63.3 Å². The number of rotatable bonds is 7. The molecule has 1 saturated carbocycles. The molecule has 1 heterocycles. The van der Waals surface area contributed by atoms with Crippen LogP contribution in [0.5, 0.6) is 0 Å². The van der Waals surface area contributed by atoms with Gasteiger partial charge in [0.2, 0.25) is 5.91 Å². The summed E-state index contributed by atoms with van der Waals surface area (Å²) in [5.74, 6) is 0.296. The summed E-state index contributed by atoms with van der Waals surface area (Å²) in [7, 11) is 0. The summed E-state index contributed by atoms with van der Waals surface area (Å²) >= 11 is 0. The molecule has 3 rings (SSSR count). The Morgan fingerprint density at radius 1 is 1.30 bits per heavy atom. The molecule has 6 heteroatoms. The van der Waals surface area contributed by atoms with Crippen LogP contribution >= 0.6 is 0 Å². The Bertz CT molecular complexity index is 815. The molecule has 0 saturated heterocycles. The number of benzene rings is 1. The Morgan fingerprint density at radius 2 is 2.00 bits per heavy atom. The van der Waals surface area contributed by atoms with Crippen LogP contribution in [-0.4, -0.2) is 33.1 Å². The van der Waals surface area contributed by atoms with Crippen LogP contribution in [0.4, 0.5) is 0 Å². The maximum Gasteiger partial charge on any atom is 0.345 e. The number of nitrogens with one attached hydrogen (secondary N) is 2. The molecule has 1 aliphatic carbocycles. The summed E-state index contributed by atoms with van der Waals surface area (Å²) in [6.45, 7) is 3.63. The van der Waals surface area contributed by atoms with E-state index in [0.717, 1.165) is 30.5 Å². The second-order valence-electron chi connectivity index (χ2n) is 7.48. The summed E-state index contributed by atoms with van der Waals surface area (Å²) < 4.78 is 0. The van der Waals surface area contributed by atoms with Crippen molar-refractivity contribution in [3.63, 3.8) is 0 Å². The van der Waals surface area contributed by atoms with E-state index in [2.05, 4.69) is 27.4 Å². The Kier molecular flexibility index (Phi) is 6.06. The molecule has 1 aliphatic rings. The second-order valence-corrected chi connectivity index (χ2v) is 7.48. The molecule has 0 bridgehead atoms. The van der Waals surface area contributed by atoms with Gasteiger partial charge in [-0.3, -0.25) is 4.79 Å². The lowest BCUT2D eigenvalue weighted by Gasteiger charge is -2.38. The van der Waals surface area contributed by atoms with E-state index >= 15 is 0 Å². The number of aliphatic hydroxyl groups is 1. The van der Waals surface area contributed by atoms with Gasteiger partial charge in [0.1, 0.15) is 0 Å². The third-order valence-corrected chi connectivity index (χ3v) is 5.42. The fraction of sp³-hybridized carbons (Fsp3) is 0.476. The van der Waals surface area contributed by atoms with Gasteiger partial charge in [0.05, 0.1) is 6.10 Å². The molecular formula is C21H27N3O3. The van der Waals surface area contributed by atoms with Crippen LogP contribution < -0.4 is 11.0 Å². The van der Waals surface area contributed by atoms with Gasteiger partial charge >= 0.3 is 5.69 Å². The first-order chi connectivity index (χ1) is 12.9. The monoisotopic (exact) mass is 369 g/mol. The lowest BCUT2D eigenvalue weighted by Crippen LogP contribution is -2.48. The Balaban J connectivity index is 1.61. The van der Waals surface area contributed by atoms with Gasteiger partial charge in [-0.05, 0) is 56.6 Å². The number of nitrogens with zero attached hydrogens (tertiary/aromatic N) is 1. The van der Waals surface area contributed by atoms with Crippen LogP contribution in [0, 0.1) is 19.8 Å².